The maximum Gasteiger partial charge on any atom is 0.0598 e. The Morgan fingerprint density at radius 1 is 1.29 bits per heavy atom. The van der Waals surface area contributed by atoms with Crippen LogP contribution in [-0.2, 0) is 6.54 Å². The van der Waals surface area contributed by atoms with Gasteiger partial charge in [-0.2, -0.15) is 0 Å². The van der Waals surface area contributed by atoms with Crippen LogP contribution in [0.4, 0.5) is 5.69 Å². The number of piperidine rings is 1. The first-order chi connectivity index (χ1) is 10.0. The van der Waals surface area contributed by atoms with E-state index in [0.717, 1.165) is 32.1 Å². The van der Waals surface area contributed by atoms with Gasteiger partial charge >= 0.3 is 0 Å². The number of hydrogen-bond acceptors (Lipinski definition) is 3. The number of pyridine rings is 1. The molecule has 0 unspecified atom stereocenters. The quantitative estimate of drug-likeness (QED) is 0.835. The highest BCUT2D eigenvalue weighted by molar-refractivity contribution is 5.52. The van der Waals surface area contributed by atoms with Crippen LogP contribution >= 0.6 is 0 Å². The second-order valence-electron chi connectivity index (χ2n) is 7.31. The second kappa shape index (κ2) is 7.26. The van der Waals surface area contributed by atoms with Crippen molar-refractivity contribution in [2.45, 2.75) is 53.5 Å². The Hall–Kier alpha value is -1.09. The summed E-state index contributed by atoms with van der Waals surface area (Å²) in [5.74, 6) is 0.840. The molecule has 3 heteroatoms. The maximum atomic E-state index is 4.35. The van der Waals surface area contributed by atoms with Gasteiger partial charge in [-0.05, 0) is 48.8 Å². The summed E-state index contributed by atoms with van der Waals surface area (Å²) in [4.78, 5) is 6.87. The third-order valence-corrected chi connectivity index (χ3v) is 4.69. The van der Waals surface area contributed by atoms with Gasteiger partial charge in [-0.25, -0.2) is 0 Å². The van der Waals surface area contributed by atoms with Gasteiger partial charge in [0.05, 0.1) is 11.9 Å². The van der Waals surface area contributed by atoms with Crippen molar-refractivity contribution < 1.29 is 0 Å². The molecule has 1 saturated heterocycles. The fourth-order valence-corrected chi connectivity index (χ4v) is 3.24. The number of nitrogens with zero attached hydrogens (tertiary/aromatic N) is 2. The van der Waals surface area contributed by atoms with Crippen molar-refractivity contribution in [2.75, 3.05) is 24.5 Å². The topological polar surface area (TPSA) is 28.2 Å². The molecule has 0 atom stereocenters. The Bertz CT molecular complexity index is 428. The van der Waals surface area contributed by atoms with Crippen molar-refractivity contribution in [1.82, 2.24) is 10.3 Å². The summed E-state index contributed by atoms with van der Waals surface area (Å²) in [6, 6.07) is 2.16. The summed E-state index contributed by atoms with van der Waals surface area (Å²) in [6.07, 6.45) is 7.71. The molecule has 21 heavy (non-hydrogen) atoms. The Kier molecular flexibility index (Phi) is 5.63. The van der Waals surface area contributed by atoms with E-state index < -0.39 is 0 Å². The molecule has 0 spiro atoms. The van der Waals surface area contributed by atoms with Gasteiger partial charge in [-0.3, -0.25) is 4.98 Å². The molecule has 1 aromatic rings. The van der Waals surface area contributed by atoms with Gasteiger partial charge in [0.15, 0.2) is 0 Å². The van der Waals surface area contributed by atoms with Crippen LogP contribution in [0.1, 0.15) is 52.5 Å². The molecule has 1 aliphatic heterocycles. The first-order valence-corrected chi connectivity index (χ1v) is 8.41. The molecule has 0 radical (unpaired) electrons. The van der Waals surface area contributed by atoms with Crippen LogP contribution in [0, 0.1) is 11.3 Å². The summed E-state index contributed by atoms with van der Waals surface area (Å²) in [5, 5.41) is 3.51. The van der Waals surface area contributed by atoms with Crippen molar-refractivity contribution in [3.63, 3.8) is 0 Å². The summed E-state index contributed by atoms with van der Waals surface area (Å²) in [6.45, 7) is 13.7. The van der Waals surface area contributed by atoms with Crippen molar-refractivity contribution in [2.24, 2.45) is 11.3 Å². The zero-order valence-corrected chi connectivity index (χ0v) is 14.2. The van der Waals surface area contributed by atoms with Gasteiger partial charge in [0.25, 0.3) is 0 Å². The largest absolute Gasteiger partial charge is 0.370 e. The number of rotatable bonds is 5. The van der Waals surface area contributed by atoms with E-state index in [1.54, 1.807) is 0 Å². The van der Waals surface area contributed by atoms with Crippen LogP contribution in [0.25, 0.3) is 0 Å². The van der Waals surface area contributed by atoms with Gasteiger partial charge < -0.3 is 10.2 Å². The molecule has 0 amide bonds. The molecule has 0 bridgehead atoms. The minimum atomic E-state index is 0.437. The minimum Gasteiger partial charge on any atom is -0.370 e. The van der Waals surface area contributed by atoms with Crippen LogP contribution in [0.15, 0.2) is 18.5 Å². The van der Waals surface area contributed by atoms with Crippen LogP contribution in [0.2, 0.25) is 0 Å². The first-order valence-electron chi connectivity index (χ1n) is 8.41. The molecule has 118 valence electrons. The molecule has 1 fully saturated rings. The predicted molar refractivity (Wildman–Crippen MR) is 90.6 cm³/mol. The molecule has 2 rings (SSSR count). The highest BCUT2D eigenvalue weighted by Crippen LogP contribution is 2.36. The van der Waals surface area contributed by atoms with E-state index in [1.807, 2.05) is 12.4 Å². The third-order valence-electron chi connectivity index (χ3n) is 4.69. The molecule has 1 aliphatic rings. The van der Waals surface area contributed by atoms with Gasteiger partial charge in [0.1, 0.15) is 0 Å². The standard InChI is InChI=1S/C18H31N3/c1-5-9-19-13-15-6-10-20-14-17(15)21-11-7-16(8-12-21)18(2,3)4/h6,10,14,16,19H,5,7-9,11-13H2,1-4H3. The zero-order valence-electron chi connectivity index (χ0n) is 14.2. The van der Waals surface area contributed by atoms with Crippen molar-refractivity contribution in [1.29, 1.82) is 0 Å². The number of aromatic nitrogens is 1. The molecule has 1 N–H and O–H groups in total. The van der Waals surface area contributed by atoms with Crippen LogP contribution in [-0.4, -0.2) is 24.6 Å². The minimum absolute atomic E-state index is 0.437. The first kappa shape index (κ1) is 16.3. The molecular weight excluding hydrogens is 258 g/mol. The van der Waals surface area contributed by atoms with E-state index in [9.17, 15) is 0 Å². The fraction of sp³-hybridized carbons (Fsp3) is 0.722. The number of nitrogens with one attached hydrogen (secondary N) is 1. The normalized spacial score (nSPS) is 17.2. The van der Waals surface area contributed by atoms with Gasteiger partial charge in [0, 0.05) is 25.8 Å². The molecule has 0 saturated carbocycles. The third kappa shape index (κ3) is 4.44. The van der Waals surface area contributed by atoms with E-state index in [-0.39, 0.29) is 0 Å². The van der Waals surface area contributed by atoms with E-state index >= 15 is 0 Å². The van der Waals surface area contributed by atoms with Crippen molar-refractivity contribution in [3.8, 4) is 0 Å². The van der Waals surface area contributed by atoms with Gasteiger partial charge in [-0.15, -0.1) is 0 Å². The second-order valence-corrected chi connectivity index (χ2v) is 7.31. The average molecular weight is 289 g/mol. The number of hydrogen-bond donors (Lipinski definition) is 1. The molecule has 2 heterocycles. The lowest BCUT2D eigenvalue weighted by Crippen LogP contribution is -2.38. The summed E-state index contributed by atoms with van der Waals surface area (Å²) in [7, 11) is 0. The van der Waals surface area contributed by atoms with Gasteiger partial charge in [-0.1, -0.05) is 27.7 Å². The monoisotopic (exact) mass is 289 g/mol. The van der Waals surface area contributed by atoms with Crippen molar-refractivity contribution >= 4 is 5.69 Å². The van der Waals surface area contributed by atoms with Crippen LogP contribution < -0.4 is 10.2 Å². The Morgan fingerprint density at radius 2 is 2.00 bits per heavy atom. The number of anilines is 1. The Labute approximate surface area is 130 Å². The predicted octanol–water partition coefficient (Wildman–Crippen LogP) is 3.84. The zero-order chi connectivity index (χ0) is 15.3. The average Bonchev–Trinajstić information content (AvgIpc) is 2.47. The van der Waals surface area contributed by atoms with E-state index in [4.69, 9.17) is 0 Å². The summed E-state index contributed by atoms with van der Waals surface area (Å²) in [5.41, 5.74) is 3.15. The molecular formula is C18H31N3. The summed E-state index contributed by atoms with van der Waals surface area (Å²) >= 11 is 0. The Morgan fingerprint density at radius 3 is 2.62 bits per heavy atom. The van der Waals surface area contributed by atoms with Gasteiger partial charge in [0.2, 0.25) is 0 Å². The van der Waals surface area contributed by atoms with E-state index in [0.29, 0.717) is 5.41 Å². The lowest BCUT2D eigenvalue weighted by atomic mass is 9.75. The van der Waals surface area contributed by atoms with Crippen LogP contribution in [0.3, 0.4) is 0 Å². The summed E-state index contributed by atoms with van der Waals surface area (Å²) < 4.78 is 0. The fourth-order valence-electron chi connectivity index (χ4n) is 3.24. The molecule has 0 aromatic carbocycles. The van der Waals surface area contributed by atoms with Crippen molar-refractivity contribution in [3.05, 3.63) is 24.0 Å². The smallest absolute Gasteiger partial charge is 0.0598 e. The maximum absolute atomic E-state index is 4.35. The SMILES string of the molecule is CCCNCc1ccncc1N1CCC(C(C)(C)C)CC1. The molecule has 3 nitrogen and oxygen atoms in total. The Balaban J connectivity index is 1.99. The molecule has 0 aliphatic carbocycles. The van der Waals surface area contributed by atoms with Crippen LogP contribution in [0.5, 0.6) is 0 Å². The van der Waals surface area contributed by atoms with E-state index in [1.165, 1.54) is 30.5 Å². The highest BCUT2D eigenvalue weighted by Gasteiger charge is 2.29. The lowest BCUT2D eigenvalue weighted by molar-refractivity contribution is 0.199. The molecule has 1 aromatic heterocycles. The highest BCUT2D eigenvalue weighted by atomic mass is 15.1. The van der Waals surface area contributed by atoms with E-state index in [2.05, 4.69) is 49.0 Å². The lowest BCUT2D eigenvalue weighted by Gasteiger charge is -2.40.